The van der Waals surface area contributed by atoms with Gasteiger partial charge in [0.2, 0.25) is 0 Å². The molecule has 7 heteroatoms. The van der Waals surface area contributed by atoms with E-state index in [9.17, 15) is 14.9 Å². The van der Waals surface area contributed by atoms with Gasteiger partial charge in [-0.25, -0.2) is 0 Å². The second-order valence-electron chi connectivity index (χ2n) is 5.13. The van der Waals surface area contributed by atoms with Crippen LogP contribution in [0.4, 0.5) is 11.4 Å². The van der Waals surface area contributed by atoms with E-state index in [1.165, 1.54) is 29.5 Å². The van der Waals surface area contributed by atoms with E-state index in [2.05, 4.69) is 5.32 Å². The maximum atomic E-state index is 12.4. The predicted molar refractivity (Wildman–Crippen MR) is 87.0 cm³/mol. The van der Waals surface area contributed by atoms with Gasteiger partial charge in [-0.3, -0.25) is 14.9 Å². The number of hydrogen-bond donors (Lipinski definition) is 1. The van der Waals surface area contributed by atoms with Crippen molar-refractivity contribution in [1.82, 2.24) is 0 Å². The van der Waals surface area contributed by atoms with Gasteiger partial charge < -0.3 is 5.32 Å². The number of hydrogen-bond acceptors (Lipinski definition) is 4. The summed E-state index contributed by atoms with van der Waals surface area (Å²) in [6.45, 7) is 0. The smallest absolute Gasteiger partial charge is 0.271 e. The highest BCUT2D eigenvalue weighted by Gasteiger charge is 2.21. The van der Waals surface area contributed by atoms with Gasteiger partial charge in [-0.15, -0.1) is 11.3 Å². The molecule has 22 heavy (non-hydrogen) atoms. The van der Waals surface area contributed by atoms with Crippen LogP contribution in [0.2, 0.25) is 5.02 Å². The number of non-ortho nitro benzene ring substituents is 1. The Morgan fingerprint density at radius 1 is 1.32 bits per heavy atom. The van der Waals surface area contributed by atoms with Crippen LogP contribution in [0.25, 0.3) is 0 Å². The fraction of sp³-hybridized carbons (Fsp3) is 0.267. The standard InChI is InChI=1S/C15H13ClN2O3S/c16-12-7-9(18(20)21)5-6-13(12)17-15(19)11-8-22-14-4-2-1-3-10(11)14/h5-8H,1-4H2,(H,17,19). The maximum absolute atomic E-state index is 12.4. The van der Waals surface area contributed by atoms with Crippen LogP contribution >= 0.6 is 22.9 Å². The third-order valence-electron chi connectivity index (χ3n) is 3.72. The number of anilines is 1. The summed E-state index contributed by atoms with van der Waals surface area (Å²) in [6, 6.07) is 4.02. The molecule has 1 aromatic heterocycles. The summed E-state index contributed by atoms with van der Waals surface area (Å²) in [6.07, 6.45) is 4.23. The molecule has 1 heterocycles. The molecule has 3 rings (SSSR count). The quantitative estimate of drug-likeness (QED) is 0.665. The molecule has 1 amide bonds. The van der Waals surface area contributed by atoms with Crippen molar-refractivity contribution in [2.45, 2.75) is 25.7 Å². The predicted octanol–water partition coefficient (Wildman–Crippen LogP) is 4.44. The molecule has 1 aliphatic carbocycles. The SMILES string of the molecule is O=C(Nc1ccc([N+](=O)[O-])cc1Cl)c1csc2c1CCCC2. The molecular formula is C15H13ClN2O3S. The lowest BCUT2D eigenvalue weighted by atomic mass is 9.95. The first-order valence-corrected chi connectivity index (χ1v) is 8.16. The van der Waals surface area contributed by atoms with Crippen LogP contribution in [0.15, 0.2) is 23.6 Å². The van der Waals surface area contributed by atoms with Crippen molar-refractivity contribution in [1.29, 1.82) is 0 Å². The number of nitro groups is 1. The number of thiophene rings is 1. The first kappa shape index (κ1) is 15.0. The van der Waals surface area contributed by atoms with Gasteiger partial charge in [-0.2, -0.15) is 0 Å². The maximum Gasteiger partial charge on any atom is 0.271 e. The molecule has 0 spiro atoms. The molecule has 114 valence electrons. The minimum Gasteiger partial charge on any atom is -0.321 e. The Kier molecular flexibility index (Phi) is 4.13. The number of rotatable bonds is 3. The minimum atomic E-state index is -0.521. The topological polar surface area (TPSA) is 72.2 Å². The van der Waals surface area contributed by atoms with Crippen molar-refractivity contribution < 1.29 is 9.72 Å². The average molecular weight is 337 g/mol. The second kappa shape index (κ2) is 6.06. The van der Waals surface area contributed by atoms with Crippen molar-refractivity contribution in [3.63, 3.8) is 0 Å². The van der Waals surface area contributed by atoms with Crippen LogP contribution in [-0.2, 0) is 12.8 Å². The largest absolute Gasteiger partial charge is 0.321 e. The Hall–Kier alpha value is -1.92. The van der Waals surface area contributed by atoms with Crippen molar-refractivity contribution in [2.24, 2.45) is 0 Å². The van der Waals surface area contributed by atoms with Gasteiger partial charge in [-0.05, 0) is 37.3 Å². The van der Waals surface area contributed by atoms with Gasteiger partial charge in [0.15, 0.2) is 0 Å². The zero-order chi connectivity index (χ0) is 15.7. The van der Waals surface area contributed by atoms with Gasteiger partial charge in [0.05, 0.1) is 21.2 Å². The molecule has 0 bridgehead atoms. The number of carbonyl (C=O) groups is 1. The molecule has 0 saturated carbocycles. The van der Waals surface area contributed by atoms with Gasteiger partial charge in [-0.1, -0.05) is 11.6 Å². The number of halogens is 1. The lowest BCUT2D eigenvalue weighted by molar-refractivity contribution is -0.384. The highest BCUT2D eigenvalue weighted by molar-refractivity contribution is 7.10. The van der Waals surface area contributed by atoms with E-state index < -0.39 is 4.92 Å². The average Bonchev–Trinajstić information content (AvgIpc) is 2.93. The molecule has 0 radical (unpaired) electrons. The zero-order valence-electron chi connectivity index (χ0n) is 11.6. The lowest BCUT2D eigenvalue weighted by Crippen LogP contribution is -2.14. The summed E-state index contributed by atoms with van der Waals surface area (Å²) in [5, 5.41) is 15.5. The molecule has 1 aliphatic rings. The Labute approximate surface area is 136 Å². The number of nitro benzene ring substituents is 1. The van der Waals surface area contributed by atoms with Gasteiger partial charge >= 0.3 is 0 Å². The Bertz CT molecular complexity index is 757. The van der Waals surface area contributed by atoms with E-state index in [1.54, 1.807) is 11.3 Å². The van der Waals surface area contributed by atoms with E-state index in [4.69, 9.17) is 11.6 Å². The number of aryl methyl sites for hydroxylation is 1. The first-order valence-electron chi connectivity index (χ1n) is 6.91. The van der Waals surface area contributed by atoms with Crippen molar-refractivity contribution in [3.8, 4) is 0 Å². The first-order chi connectivity index (χ1) is 10.6. The molecular weight excluding hydrogens is 324 g/mol. The van der Waals surface area contributed by atoms with E-state index in [1.807, 2.05) is 5.38 Å². The summed E-state index contributed by atoms with van der Waals surface area (Å²) < 4.78 is 0. The van der Waals surface area contributed by atoms with Crippen LogP contribution in [-0.4, -0.2) is 10.8 Å². The van der Waals surface area contributed by atoms with Crippen molar-refractivity contribution in [2.75, 3.05) is 5.32 Å². The van der Waals surface area contributed by atoms with Gasteiger partial charge in [0.1, 0.15) is 0 Å². The molecule has 0 atom stereocenters. The Balaban J connectivity index is 1.83. The number of nitrogens with zero attached hydrogens (tertiary/aromatic N) is 1. The summed E-state index contributed by atoms with van der Waals surface area (Å²) >= 11 is 7.62. The molecule has 1 N–H and O–H groups in total. The second-order valence-corrected chi connectivity index (χ2v) is 6.51. The monoisotopic (exact) mass is 336 g/mol. The van der Waals surface area contributed by atoms with E-state index in [0.717, 1.165) is 24.8 Å². The summed E-state index contributed by atoms with van der Waals surface area (Å²) in [7, 11) is 0. The fourth-order valence-corrected chi connectivity index (χ4v) is 3.94. The van der Waals surface area contributed by atoms with Crippen LogP contribution in [0.5, 0.6) is 0 Å². The molecule has 2 aromatic rings. The number of nitrogens with one attached hydrogen (secondary N) is 1. The lowest BCUT2D eigenvalue weighted by Gasteiger charge is -2.13. The fourth-order valence-electron chi connectivity index (χ4n) is 2.59. The highest BCUT2D eigenvalue weighted by atomic mass is 35.5. The van der Waals surface area contributed by atoms with Crippen molar-refractivity contribution in [3.05, 3.63) is 54.7 Å². The van der Waals surface area contributed by atoms with E-state index in [-0.39, 0.29) is 16.6 Å². The summed E-state index contributed by atoms with van der Waals surface area (Å²) in [5.74, 6) is -0.213. The number of carbonyl (C=O) groups excluding carboxylic acids is 1. The molecule has 0 saturated heterocycles. The minimum absolute atomic E-state index is 0.101. The third kappa shape index (κ3) is 2.84. The van der Waals surface area contributed by atoms with Gasteiger partial charge in [0, 0.05) is 22.4 Å². The molecule has 5 nitrogen and oxygen atoms in total. The van der Waals surface area contributed by atoms with Crippen LogP contribution in [0, 0.1) is 10.1 Å². The van der Waals surface area contributed by atoms with E-state index >= 15 is 0 Å². The molecule has 0 fully saturated rings. The van der Waals surface area contributed by atoms with Crippen LogP contribution in [0.1, 0.15) is 33.6 Å². The summed E-state index contributed by atoms with van der Waals surface area (Å²) in [5.41, 5.74) is 2.10. The molecule has 0 unspecified atom stereocenters. The zero-order valence-corrected chi connectivity index (χ0v) is 13.2. The van der Waals surface area contributed by atoms with Crippen LogP contribution < -0.4 is 5.32 Å². The van der Waals surface area contributed by atoms with Gasteiger partial charge in [0.25, 0.3) is 11.6 Å². The van der Waals surface area contributed by atoms with Crippen LogP contribution in [0.3, 0.4) is 0 Å². The van der Waals surface area contributed by atoms with Crippen molar-refractivity contribution >= 4 is 40.2 Å². The normalized spacial score (nSPS) is 13.5. The van der Waals surface area contributed by atoms with E-state index in [0.29, 0.717) is 11.3 Å². The number of benzene rings is 1. The number of fused-ring (bicyclic) bond motifs is 1. The molecule has 0 aliphatic heterocycles. The highest BCUT2D eigenvalue weighted by Crippen LogP contribution is 2.32. The molecule has 1 aromatic carbocycles. The Morgan fingerprint density at radius 2 is 2.09 bits per heavy atom. The summed E-state index contributed by atoms with van der Waals surface area (Å²) in [4.78, 5) is 23.9. The Morgan fingerprint density at radius 3 is 2.82 bits per heavy atom. The number of amides is 1. The third-order valence-corrected chi connectivity index (χ3v) is 5.12.